The summed E-state index contributed by atoms with van der Waals surface area (Å²) in [4.78, 5) is 72.0. The Morgan fingerprint density at radius 1 is 0.365 bits per heavy atom. The molecule has 496 valence electrons. The normalized spacial score (nSPS) is 14.6. The molecule has 2 unspecified atom stereocenters. The second kappa shape index (κ2) is 58.7. The lowest BCUT2D eigenvalue weighted by Gasteiger charge is -2.21. The van der Waals surface area contributed by atoms with E-state index in [-0.39, 0.29) is 25.7 Å². The number of carbonyl (C=O) groups excluding carboxylic acids is 4. The molecule has 0 aromatic rings. The van der Waals surface area contributed by atoms with Gasteiger partial charge in [0.2, 0.25) is 0 Å². The first kappa shape index (κ1) is 82.0. The third-order valence-electron chi connectivity index (χ3n) is 14.0. The minimum absolute atomic E-state index is 0.0778. The van der Waals surface area contributed by atoms with Crippen molar-refractivity contribution in [2.45, 2.75) is 303 Å². The topological polar surface area (TPSA) is 237 Å². The molecule has 0 bridgehead atoms. The molecule has 85 heavy (non-hydrogen) atoms. The van der Waals surface area contributed by atoms with Crippen LogP contribution in [-0.2, 0) is 65.4 Å². The molecular formula is C66H120O17P2. The SMILES string of the molecule is CCCCCC/C=C\C=C/CCCCCCCC(=O)OC[C@H](COP(=O)(O)OC[C@@H](O)COP(=O)(O)OC[C@@H](COC(=O)CCCCCCC)OC(=O)CCCCCCCCCC(C)C)OC(=O)CCCCCCC/C=C\C=C/CCCCCC. The number of allylic oxidation sites excluding steroid dienone is 8. The van der Waals surface area contributed by atoms with E-state index in [9.17, 15) is 43.2 Å². The lowest BCUT2D eigenvalue weighted by atomic mass is 10.0. The Hall–Kier alpha value is -2.98. The largest absolute Gasteiger partial charge is 0.472 e. The van der Waals surface area contributed by atoms with E-state index >= 15 is 0 Å². The molecule has 0 aliphatic carbocycles. The van der Waals surface area contributed by atoms with Gasteiger partial charge in [0, 0.05) is 25.7 Å². The van der Waals surface area contributed by atoms with Gasteiger partial charge in [0.1, 0.15) is 19.3 Å². The van der Waals surface area contributed by atoms with Gasteiger partial charge in [-0.3, -0.25) is 37.3 Å². The third kappa shape index (κ3) is 59.7. The number of rotatable bonds is 62. The summed E-state index contributed by atoms with van der Waals surface area (Å²) < 4.78 is 67.8. The smallest absolute Gasteiger partial charge is 0.462 e. The van der Waals surface area contributed by atoms with Crippen LogP contribution in [-0.4, -0.2) is 96.7 Å². The van der Waals surface area contributed by atoms with E-state index < -0.39 is 97.5 Å². The van der Waals surface area contributed by atoms with Crippen molar-refractivity contribution in [2.24, 2.45) is 5.92 Å². The Morgan fingerprint density at radius 3 is 0.965 bits per heavy atom. The van der Waals surface area contributed by atoms with Gasteiger partial charge in [0.25, 0.3) is 0 Å². The zero-order valence-electron chi connectivity index (χ0n) is 53.7. The average Bonchev–Trinajstić information content (AvgIpc) is 3.51. The summed E-state index contributed by atoms with van der Waals surface area (Å²) in [6.07, 6.45) is 49.3. The van der Waals surface area contributed by atoms with Crippen molar-refractivity contribution in [1.29, 1.82) is 0 Å². The van der Waals surface area contributed by atoms with Crippen LogP contribution in [0.3, 0.4) is 0 Å². The van der Waals surface area contributed by atoms with Crippen LogP contribution in [0.4, 0.5) is 0 Å². The Balaban J connectivity index is 5.25. The van der Waals surface area contributed by atoms with Crippen LogP contribution in [0.5, 0.6) is 0 Å². The fraction of sp³-hybridized carbons (Fsp3) is 0.818. The number of ether oxygens (including phenoxy) is 4. The Kier molecular flexibility index (Phi) is 56.6. The van der Waals surface area contributed by atoms with Crippen molar-refractivity contribution < 1.29 is 80.2 Å². The number of unbranched alkanes of at least 4 members (excludes halogenated alkanes) is 28. The summed E-state index contributed by atoms with van der Waals surface area (Å²) in [5.41, 5.74) is 0. The monoisotopic (exact) mass is 1250 g/mol. The molecule has 19 heteroatoms. The molecule has 0 saturated carbocycles. The van der Waals surface area contributed by atoms with E-state index in [1.807, 2.05) is 0 Å². The van der Waals surface area contributed by atoms with Crippen molar-refractivity contribution in [3.05, 3.63) is 48.6 Å². The van der Waals surface area contributed by atoms with Crippen molar-refractivity contribution in [3.63, 3.8) is 0 Å². The number of phosphoric ester groups is 2. The second-order valence-corrected chi connectivity index (χ2v) is 25.9. The van der Waals surface area contributed by atoms with E-state index in [0.717, 1.165) is 128 Å². The summed E-state index contributed by atoms with van der Waals surface area (Å²) in [5.74, 6) is -1.51. The molecule has 0 aromatic heterocycles. The standard InChI is InChI=1S/C66H120O17P2/c1-6-9-12-15-17-19-21-23-25-27-29-31-35-40-45-50-64(69)77-56-62(83-65(70)51-46-41-36-32-30-28-26-24-22-20-18-16-13-10-7-2)58-81-85(74,75)79-54-60(67)53-78-84(72,73)80-57-61(55-76-63(68)49-44-38-14-11-8-3)82-66(71)52-47-42-37-33-34-39-43-48-59(4)5/h19-26,59-62,67H,6-18,27-58H2,1-5H3,(H,72,73)(H,74,75)/b21-19-,22-20-,25-23-,26-24-/t60-,61+,62+/m0/s1. The summed E-state index contributed by atoms with van der Waals surface area (Å²) >= 11 is 0. The zero-order chi connectivity index (χ0) is 62.8. The molecule has 0 radical (unpaired) electrons. The van der Waals surface area contributed by atoms with Gasteiger partial charge >= 0.3 is 39.5 Å². The molecule has 5 atom stereocenters. The molecule has 3 N–H and O–H groups in total. The van der Waals surface area contributed by atoms with Crippen LogP contribution in [0, 0.1) is 5.92 Å². The zero-order valence-corrected chi connectivity index (χ0v) is 55.5. The Morgan fingerprint density at radius 2 is 0.635 bits per heavy atom. The first-order valence-corrected chi connectivity index (χ1v) is 36.3. The highest BCUT2D eigenvalue weighted by molar-refractivity contribution is 7.47. The number of aliphatic hydroxyl groups excluding tert-OH is 1. The van der Waals surface area contributed by atoms with Gasteiger partial charge in [-0.15, -0.1) is 0 Å². The van der Waals surface area contributed by atoms with Gasteiger partial charge in [0.05, 0.1) is 26.4 Å². The fourth-order valence-electron chi connectivity index (χ4n) is 8.86. The lowest BCUT2D eigenvalue weighted by molar-refractivity contribution is -0.161. The van der Waals surface area contributed by atoms with Crippen LogP contribution in [0.15, 0.2) is 48.6 Å². The van der Waals surface area contributed by atoms with Crippen LogP contribution < -0.4 is 0 Å². The number of carbonyl (C=O) groups is 4. The fourth-order valence-corrected chi connectivity index (χ4v) is 10.4. The number of aliphatic hydroxyl groups is 1. The highest BCUT2D eigenvalue weighted by Crippen LogP contribution is 2.45. The molecule has 17 nitrogen and oxygen atoms in total. The first-order chi connectivity index (χ1) is 41.0. The maximum atomic E-state index is 13.0. The number of esters is 4. The van der Waals surface area contributed by atoms with E-state index in [1.165, 1.54) is 70.6 Å². The van der Waals surface area contributed by atoms with Gasteiger partial charge in [-0.05, 0) is 83.0 Å². The predicted molar refractivity (Wildman–Crippen MR) is 340 cm³/mol. The van der Waals surface area contributed by atoms with E-state index in [1.54, 1.807) is 0 Å². The molecular weight excluding hydrogens is 1130 g/mol. The average molecular weight is 1250 g/mol. The molecule has 0 spiro atoms. The van der Waals surface area contributed by atoms with Crippen LogP contribution in [0.1, 0.15) is 285 Å². The summed E-state index contributed by atoms with van der Waals surface area (Å²) in [6, 6.07) is 0. The highest BCUT2D eigenvalue weighted by Gasteiger charge is 2.30. The van der Waals surface area contributed by atoms with Crippen molar-refractivity contribution in [2.75, 3.05) is 39.6 Å². The van der Waals surface area contributed by atoms with Gasteiger partial charge in [-0.2, -0.15) is 0 Å². The van der Waals surface area contributed by atoms with Crippen molar-refractivity contribution >= 4 is 39.5 Å². The summed E-state index contributed by atoms with van der Waals surface area (Å²) in [5, 5.41) is 10.5. The Bertz CT molecular complexity index is 1840. The molecule has 0 rings (SSSR count). The van der Waals surface area contributed by atoms with Crippen molar-refractivity contribution in [3.8, 4) is 0 Å². The van der Waals surface area contributed by atoms with Crippen LogP contribution in [0.25, 0.3) is 0 Å². The van der Waals surface area contributed by atoms with Gasteiger partial charge in [-0.25, -0.2) is 9.13 Å². The summed E-state index contributed by atoms with van der Waals surface area (Å²) in [7, 11) is -9.91. The third-order valence-corrected chi connectivity index (χ3v) is 15.9. The highest BCUT2D eigenvalue weighted by atomic mass is 31.2. The minimum Gasteiger partial charge on any atom is -0.462 e. The second-order valence-electron chi connectivity index (χ2n) is 23.0. The number of phosphoric acid groups is 2. The molecule has 0 amide bonds. The molecule has 0 heterocycles. The Labute approximate surface area is 515 Å². The maximum Gasteiger partial charge on any atom is 0.472 e. The number of hydrogen-bond acceptors (Lipinski definition) is 15. The minimum atomic E-state index is -4.96. The van der Waals surface area contributed by atoms with Gasteiger partial charge < -0.3 is 33.8 Å². The lowest BCUT2D eigenvalue weighted by Crippen LogP contribution is -2.30. The van der Waals surface area contributed by atoms with E-state index in [4.69, 9.17) is 37.0 Å². The first-order valence-electron chi connectivity index (χ1n) is 33.3. The van der Waals surface area contributed by atoms with Gasteiger partial charge in [0.15, 0.2) is 12.2 Å². The van der Waals surface area contributed by atoms with E-state index in [2.05, 4.69) is 83.2 Å². The summed E-state index contributed by atoms with van der Waals surface area (Å²) in [6.45, 7) is 6.92. The van der Waals surface area contributed by atoms with E-state index in [0.29, 0.717) is 31.6 Å². The molecule has 0 fully saturated rings. The molecule has 0 aliphatic rings. The number of hydrogen-bond donors (Lipinski definition) is 3. The molecule has 0 aromatic carbocycles. The van der Waals surface area contributed by atoms with Gasteiger partial charge in [-0.1, -0.05) is 231 Å². The maximum absolute atomic E-state index is 13.0. The molecule has 0 aliphatic heterocycles. The molecule has 0 saturated heterocycles. The van der Waals surface area contributed by atoms with Crippen LogP contribution >= 0.6 is 15.6 Å². The van der Waals surface area contributed by atoms with Crippen molar-refractivity contribution in [1.82, 2.24) is 0 Å². The predicted octanol–water partition coefficient (Wildman–Crippen LogP) is 17.7. The van der Waals surface area contributed by atoms with Crippen LogP contribution in [0.2, 0.25) is 0 Å². The quantitative estimate of drug-likeness (QED) is 0.0169.